The Labute approximate surface area is 219 Å². The third-order valence-corrected chi connectivity index (χ3v) is 6.52. The van der Waals surface area contributed by atoms with Crippen LogP contribution < -0.4 is 19.4 Å². The van der Waals surface area contributed by atoms with Crippen LogP contribution in [0.2, 0.25) is 0 Å². The zero-order valence-corrected chi connectivity index (χ0v) is 21.0. The molecule has 2 aliphatic heterocycles. The van der Waals surface area contributed by atoms with Gasteiger partial charge in [0.25, 0.3) is 11.6 Å². The highest BCUT2D eigenvalue weighted by atomic mass is 16.7. The minimum atomic E-state index is -1.06. The molecular formula is C28H27N3O7. The van der Waals surface area contributed by atoms with Gasteiger partial charge in [0.15, 0.2) is 17.6 Å². The Kier molecular flexibility index (Phi) is 6.97. The largest absolute Gasteiger partial charge is 0.490 e. The molecule has 2 aliphatic rings. The number of hydrogen-bond acceptors (Lipinski definition) is 8. The third-order valence-electron chi connectivity index (χ3n) is 6.52. The van der Waals surface area contributed by atoms with Gasteiger partial charge in [0.05, 0.1) is 35.6 Å². The molecule has 0 bridgehead atoms. The first-order chi connectivity index (χ1) is 18.4. The number of hydroxylamine groups is 1. The van der Waals surface area contributed by atoms with Gasteiger partial charge >= 0.3 is 0 Å². The molecule has 2 amide bonds. The predicted molar refractivity (Wildman–Crippen MR) is 139 cm³/mol. The summed E-state index contributed by atoms with van der Waals surface area (Å²) in [6, 6.07) is 19.4. The predicted octanol–water partition coefficient (Wildman–Crippen LogP) is 4.83. The smallest absolute Gasteiger partial charge is 0.269 e. The van der Waals surface area contributed by atoms with E-state index in [1.807, 2.05) is 62.4 Å². The maximum absolute atomic E-state index is 13.8. The first kappa shape index (κ1) is 25.2. The summed E-state index contributed by atoms with van der Waals surface area (Å²) >= 11 is 0. The van der Waals surface area contributed by atoms with Crippen molar-refractivity contribution in [3.63, 3.8) is 0 Å². The first-order valence-electron chi connectivity index (χ1n) is 12.5. The van der Waals surface area contributed by atoms with Crippen LogP contribution in [-0.4, -0.2) is 36.1 Å². The van der Waals surface area contributed by atoms with Crippen molar-refractivity contribution in [2.24, 2.45) is 5.92 Å². The lowest BCUT2D eigenvalue weighted by atomic mass is 9.90. The van der Waals surface area contributed by atoms with Gasteiger partial charge in [-0.3, -0.25) is 24.5 Å². The van der Waals surface area contributed by atoms with Crippen LogP contribution in [0, 0.1) is 16.0 Å². The number of nitro benzene ring substituents is 1. The highest BCUT2D eigenvalue weighted by molar-refractivity contribution is 6.24. The van der Waals surface area contributed by atoms with Crippen LogP contribution in [0.4, 0.5) is 17.1 Å². The second-order valence-corrected chi connectivity index (χ2v) is 8.93. The molecule has 2 heterocycles. The van der Waals surface area contributed by atoms with Gasteiger partial charge in [-0.25, -0.2) is 9.96 Å². The molecule has 3 atom stereocenters. The molecule has 196 valence electrons. The van der Waals surface area contributed by atoms with Crippen molar-refractivity contribution >= 4 is 28.9 Å². The van der Waals surface area contributed by atoms with Crippen LogP contribution in [0.15, 0.2) is 72.8 Å². The fraction of sp³-hybridized carbons (Fsp3) is 0.286. The number of carbonyl (C=O) groups is 2. The van der Waals surface area contributed by atoms with Crippen molar-refractivity contribution in [1.29, 1.82) is 0 Å². The number of fused-ring (bicyclic) bond motifs is 1. The maximum atomic E-state index is 13.8. The molecule has 0 aromatic heterocycles. The van der Waals surface area contributed by atoms with E-state index in [0.717, 1.165) is 16.9 Å². The Bertz CT molecular complexity index is 1350. The molecule has 38 heavy (non-hydrogen) atoms. The first-order valence-corrected chi connectivity index (χ1v) is 12.5. The van der Waals surface area contributed by atoms with Crippen LogP contribution in [0.3, 0.4) is 0 Å². The van der Waals surface area contributed by atoms with Crippen molar-refractivity contribution in [3.8, 4) is 11.5 Å². The number of ether oxygens (including phenoxy) is 2. The molecule has 0 saturated carbocycles. The molecule has 2 fully saturated rings. The molecular weight excluding hydrogens is 490 g/mol. The lowest BCUT2D eigenvalue weighted by molar-refractivity contribution is -0.384. The lowest BCUT2D eigenvalue weighted by Gasteiger charge is -2.29. The van der Waals surface area contributed by atoms with Gasteiger partial charge in [-0.15, -0.1) is 0 Å². The fourth-order valence-electron chi connectivity index (χ4n) is 4.84. The highest BCUT2D eigenvalue weighted by Gasteiger charge is 2.60. The van der Waals surface area contributed by atoms with E-state index < -0.39 is 34.8 Å². The molecule has 0 aliphatic carbocycles. The molecule has 10 nitrogen and oxygen atoms in total. The molecule has 2 saturated heterocycles. The van der Waals surface area contributed by atoms with Crippen LogP contribution in [0.5, 0.6) is 11.5 Å². The number of hydrogen-bond donors (Lipinski definition) is 0. The van der Waals surface area contributed by atoms with E-state index in [0.29, 0.717) is 30.4 Å². The van der Waals surface area contributed by atoms with Crippen molar-refractivity contribution in [3.05, 3.63) is 88.5 Å². The van der Waals surface area contributed by atoms with Gasteiger partial charge in [-0.05, 0) is 55.3 Å². The van der Waals surface area contributed by atoms with Gasteiger partial charge in [0, 0.05) is 12.1 Å². The van der Waals surface area contributed by atoms with Gasteiger partial charge in [-0.1, -0.05) is 31.2 Å². The Morgan fingerprint density at radius 3 is 2.29 bits per heavy atom. The fourth-order valence-corrected chi connectivity index (χ4v) is 4.84. The Morgan fingerprint density at radius 2 is 1.63 bits per heavy atom. The Morgan fingerprint density at radius 1 is 0.895 bits per heavy atom. The molecule has 3 aromatic carbocycles. The summed E-state index contributed by atoms with van der Waals surface area (Å²) in [4.78, 5) is 45.0. The molecule has 0 N–H and O–H groups in total. The average Bonchev–Trinajstić information content (AvgIpc) is 3.44. The van der Waals surface area contributed by atoms with E-state index in [1.54, 1.807) is 5.06 Å². The van der Waals surface area contributed by atoms with Gasteiger partial charge in [-0.2, -0.15) is 0 Å². The van der Waals surface area contributed by atoms with E-state index in [9.17, 15) is 19.7 Å². The zero-order chi connectivity index (χ0) is 26.8. The third kappa shape index (κ3) is 4.43. The maximum Gasteiger partial charge on any atom is 0.269 e. The van der Waals surface area contributed by atoms with E-state index >= 15 is 0 Å². The number of rotatable bonds is 9. The number of para-hydroxylation sites is 1. The SMILES string of the molecule is CCCOc1ccc([C@@H]2[C@@H]3C(=O)N(c4ccc([N+](=O)[O-])cc4)C(=O)[C@H]3ON2c2ccccc2)cc1OCC. The number of anilines is 2. The molecule has 10 heteroatoms. The van der Waals surface area contributed by atoms with Crippen LogP contribution in [-0.2, 0) is 14.4 Å². The number of amides is 2. The van der Waals surface area contributed by atoms with Crippen molar-refractivity contribution in [1.82, 2.24) is 0 Å². The minimum Gasteiger partial charge on any atom is -0.490 e. The second kappa shape index (κ2) is 10.5. The highest BCUT2D eigenvalue weighted by Crippen LogP contribution is 2.48. The standard InChI is InChI=1S/C28H27N3O7/c1-3-16-37-22-15-10-18(17-23(22)36-4-2)25-24-26(38-30(25)20-8-6-5-7-9-20)28(33)29(27(24)32)19-11-13-21(14-12-19)31(34)35/h5-15,17,24-26H,3-4,16H2,1-2H3/t24-,25+,26-/m0/s1. The Balaban J connectivity index is 1.55. The zero-order valence-electron chi connectivity index (χ0n) is 21.0. The number of carbonyl (C=O) groups excluding carboxylic acids is 2. The van der Waals surface area contributed by atoms with E-state index in [2.05, 4.69) is 0 Å². The molecule has 0 radical (unpaired) electrons. The van der Waals surface area contributed by atoms with Crippen molar-refractivity contribution < 1.29 is 28.8 Å². The topological polar surface area (TPSA) is 111 Å². The van der Waals surface area contributed by atoms with Gasteiger partial charge in [0.1, 0.15) is 5.92 Å². The average molecular weight is 518 g/mol. The van der Waals surface area contributed by atoms with Crippen LogP contribution in [0.1, 0.15) is 31.9 Å². The summed E-state index contributed by atoms with van der Waals surface area (Å²) in [5.41, 5.74) is 1.54. The van der Waals surface area contributed by atoms with Crippen molar-refractivity contribution in [2.75, 3.05) is 23.2 Å². The van der Waals surface area contributed by atoms with E-state index in [1.165, 1.54) is 24.3 Å². The van der Waals surface area contributed by atoms with Gasteiger partial charge < -0.3 is 9.47 Å². The van der Waals surface area contributed by atoms with E-state index in [4.69, 9.17) is 14.3 Å². The number of benzene rings is 3. The summed E-state index contributed by atoms with van der Waals surface area (Å²) in [7, 11) is 0. The summed E-state index contributed by atoms with van der Waals surface area (Å²) in [6.45, 7) is 4.85. The van der Waals surface area contributed by atoms with Crippen molar-refractivity contribution in [2.45, 2.75) is 32.4 Å². The van der Waals surface area contributed by atoms with Crippen LogP contribution >= 0.6 is 0 Å². The Hall–Kier alpha value is -4.44. The van der Waals surface area contributed by atoms with E-state index in [-0.39, 0.29) is 11.4 Å². The quantitative estimate of drug-likeness (QED) is 0.225. The summed E-state index contributed by atoms with van der Waals surface area (Å²) in [6.07, 6.45) is -0.223. The number of imide groups is 1. The minimum absolute atomic E-state index is 0.133. The van der Waals surface area contributed by atoms with Gasteiger partial charge in [0.2, 0.25) is 5.91 Å². The number of non-ortho nitro benzene ring substituents is 1. The second-order valence-electron chi connectivity index (χ2n) is 8.93. The monoisotopic (exact) mass is 517 g/mol. The molecule has 5 rings (SSSR count). The number of nitrogens with zero attached hydrogens (tertiary/aromatic N) is 3. The lowest BCUT2D eigenvalue weighted by Crippen LogP contribution is -2.37. The number of nitro groups is 1. The summed E-state index contributed by atoms with van der Waals surface area (Å²) in [5.74, 6) is -0.680. The molecule has 0 unspecified atom stereocenters. The molecule has 3 aromatic rings. The summed E-state index contributed by atoms with van der Waals surface area (Å²) < 4.78 is 11.7. The normalized spacial score (nSPS) is 20.5. The van der Waals surface area contributed by atoms with Crippen LogP contribution in [0.25, 0.3) is 0 Å². The summed E-state index contributed by atoms with van der Waals surface area (Å²) in [5, 5.41) is 12.7. The molecule has 0 spiro atoms.